The maximum atomic E-state index is 15.1. The molecule has 0 aromatic heterocycles. The van der Waals surface area contributed by atoms with Gasteiger partial charge in [-0.05, 0) is 77.2 Å². The summed E-state index contributed by atoms with van der Waals surface area (Å²) in [5, 5.41) is 9.53. The molecule has 6 heteroatoms. The Hall–Kier alpha value is -3.72. The Morgan fingerprint density at radius 3 is 1.94 bits per heavy atom. The van der Waals surface area contributed by atoms with Gasteiger partial charge in [-0.3, -0.25) is 0 Å². The van der Waals surface area contributed by atoms with Gasteiger partial charge in [0, 0.05) is 5.39 Å². The molecule has 0 heterocycles. The summed E-state index contributed by atoms with van der Waals surface area (Å²) in [4.78, 5) is 0. The third kappa shape index (κ3) is 4.51. The molecule has 0 aliphatic carbocycles. The zero-order chi connectivity index (χ0) is 24.4. The Kier molecular flexibility index (Phi) is 6.65. The number of nitrogens with zero attached hydrogens (tertiary/aromatic N) is 1. The molecule has 0 N–H and O–H groups in total. The van der Waals surface area contributed by atoms with Crippen LogP contribution in [0.25, 0.3) is 21.9 Å². The van der Waals surface area contributed by atoms with E-state index in [-0.39, 0.29) is 23.8 Å². The van der Waals surface area contributed by atoms with Gasteiger partial charge in [0.15, 0.2) is 0 Å². The number of halogens is 5. The number of aryl methyl sites for hydroxylation is 3. The monoisotopic (exact) mass is 465 g/mol. The van der Waals surface area contributed by atoms with Crippen molar-refractivity contribution < 1.29 is 22.0 Å². The molecule has 0 aliphatic rings. The average Bonchev–Trinajstić information content (AvgIpc) is 2.78. The molecule has 0 unspecified atom stereocenters. The Morgan fingerprint density at radius 1 is 0.706 bits per heavy atom. The van der Waals surface area contributed by atoms with Gasteiger partial charge in [0.05, 0.1) is 5.56 Å². The van der Waals surface area contributed by atoms with E-state index in [1.54, 1.807) is 12.1 Å². The van der Waals surface area contributed by atoms with E-state index in [0.29, 0.717) is 34.1 Å². The minimum absolute atomic E-state index is 0.156. The molecule has 0 aliphatic heterocycles. The van der Waals surface area contributed by atoms with Gasteiger partial charge in [-0.25, -0.2) is 22.0 Å². The molecule has 0 atom stereocenters. The number of rotatable bonds is 6. The van der Waals surface area contributed by atoms with Crippen LogP contribution in [-0.4, -0.2) is 0 Å². The molecule has 4 aromatic carbocycles. The number of benzene rings is 4. The maximum absolute atomic E-state index is 15.1. The largest absolute Gasteiger partial charge is 0.206 e. The molecule has 172 valence electrons. The average molecular weight is 465 g/mol. The minimum Gasteiger partial charge on any atom is -0.206 e. The van der Waals surface area contributed by atoms with Crippen molar-refractivity contribution in [1.82, 2.24) is 0 Å². The van der Waals surface area contributed by atoms with Gasteiger partial charge < -0.3 is 0 Å². The highest BCUT2D eigenvalue weighted by atomic mass is 19.1. The number of hydrogen-bond acceptors (Lipinski definition) is 1. The topological polar surface area (TPSA) is 23.8 Å². The second kappa shape index (κ2) is 9.64. The van der Waals surface area contributed by atoms with Crippen LogP contribution in [0.1, 0.15) is 35.6 Å². The summed E-state index contributed by atoms with van der Waals surface area (Å²) < 4.78 is 72.1. The second-order valence-electron chi connectivity index (χ2n) is 8.21. The molecule has 0 fully saturated rings. The summed E-state index contributed by atoms with van der Waals surface area (Å²) in [5.74, 6) is -3.74. The molecular weight excluding hydrogens is 445 g/mol. The fourth-order valence-electron chi connectivity index (χ4n) is 4.18. The van der Waals surface area contributed by atoms with Crippen molar-refractivity contribution in [3.8, 4) is 17.2 Å². The van der Waals surface area contributed by atoms with Crippen LogP contribution in [0.3, 0.4) is 0 Å². The lowest BCUT2D eigenvalue weighted by Crippen LogP contribution is -1.99. The summed E-state index contributed by atoms with van der Waals surface area (Å²) in [6.07, 6.45) is 1.68. The summed E-state index contributed by atoms with van der Waals surface area (Å²) >= 11 is 0. The van der Waals surface area contributed by atoms with E-state index in [9.17, 15) is 17.6 Å². The molecular formula is C28H20F5N. The van der Waals surface area contributed by atoms with Gasteiger partial charge in [-0.2, -0.15) is 5.26 Å². The van der Waals surface area contributed by atoms with Crippen molar-refractivity contribution in [2.45, 2.75) is 32.6 Å². The Labute approximate surface area is 194 Å². The van der Waals surface area contributed by atoms with Crippen molar-refractivity contribution in [2.24, 2.45) is 0 Å². The molecule has 4 aromatic rings. The summed E-state index contributed by atoms with van der Waals surface area (Å²) in [7, 11) is 0. The summed E-state index contributed by atoms with van der Waals surface area (Å²) in [6, 6.07) is 13.9. The van der Waals surface area contributed by atoms with Crippen LogP contribution in [0.5, 0.6) is 0 Å². The summed E-state index contributed by atoms with van der Waals surface area (Å²) in [6.45, 7) is 1.93. The molecule has 0 amide bonds. The molecule has 1 nitrogen and oxygen atoms in total. The number of fused-ring (bicyclic) bond motifs is 1. The van der Waals surface area contributed by atoms with E-state index in [0.717, 1.165) is 18.6 Å². The molecule has 4 rings (SSSR count). The second-order valence-corrected chi connectivity index (χ2v) is 8.21. The quantitative estimate of drug-likeness (QED) is 0.266. The van der Waals surface area contributed by atoms with Crippen LogP contribution < -0.4 is 0 Å². The third-order valence-corrected chi connectivity index (χ3v) is 5.86. The molecule has 0 saturated carbocycles. The van der Waals surface area contributed by atoms with Gasteiger partial charge in [0.1, 0.15) is 40.7 Å². The lowest BCUT2D eigenvalue weighted by molar-refractivity contribution is 0.572. The van der Waals surface area contributed by atoms with E-state index in [2.05, 4.69) is 0 Å². The van der Waals surface area contributed by atoms with Gasteiger partial charge in [0.25, 0.3) is 0 Å². The molecule has 0 saturated heterocycles. The first-order chi connectivity index (χ1) is 16.3. The van der Waals surface area contributed by atoms with Gasteiger partial charge in [-0.15, -0.1) is 0 Å². The van der Waals surface area contributed by atoms with Crippen LogP contribution in [0.2, 0.25) is 0 Å². The maximum Gasteiger partial charge on any atom is 0.144 e. The fraction of sp³-hybridized carbons (Fsp3) is 0.179. The predicted octanol–water partition coefficient (Wildman–Crippen LogP) is 7.81. The lowest BCUT2D eigenvalue weighted by Gasteiger charge is -2.11. The fourth-order valence-corrected chi connectivity index (χ4v) is 4.18. The molecule has 0 bridgehead atoms. The minimum atomic E-state index is -0.953. The van der Waals surface area contributed by atoms with Gasteiger partial charge in [-0.1, -0.05) is 37.6 Å². The van der Waals surface area contributed by atoms with Crippen LogP contribution >= 0.6 is 0 Å². The smallest absolute Gasteiger partial charge is 0.144 e. The third-order valence-electron chi connectivity index (χ3n) is 5.86. The highest BCUT2D eigenvalue weighted by Crippen LogP contribution is 2.32. The van der Waals surface area contributed by atoms with Crippen LogP contribution in [0.4, 0.5) is 22.0 Å². The van der Waals surface area contributed by atoms with Crippen molar-refractivity contribution in [3.63, 3.8) is 0 Å². The zero-order valence-electron chi connectivity index (χ0n) is 18.4. The van der Waals surface area contributed by atoms with Crippen LogP contribution in [-0.2, 0) is 19.3 Å². The zero-order valence-corrected chi connectivity index (χ0v) is 18.4. The predicted molar refractivity (Wildman–Crippen MR) is 122 cm³/mol. The number of nitriles is 1. The van der Waals surface area contributed by atoms with E-state index >= 15 is 4.39 Å². The van der Waals surface area contributed by atoms with E-state index < -0.39 is 34.6 Å². The Bertz CT molecular complexity index is 1390. The standard InChI is InChI=1S/C28H20F5N/c1-2-3-16-12-25(31)27(26(32)13-16)20-8-9-21-19(14-20)7-6-18(28(21)33)5-4-17-10-23(29)22(15-34)24(30)11-17/h6-14H,2-5H2,1H3. The normalized spacial score (nSPS) is 11.1. The highest BCUT2D eigenvalue weighted by molar-refractivity contribution is 5.88. The van der Waals surface area contributed by atoms with Crippen molar-refractivity contribution in [1.29, 1.82) is 5.26 Å². The van der Waals surface area contributed by atoms with Crippen LogP contribution in [0.15, 0.2) is 54.6 Å². The molecule has 0 radical (unpaired) electrons. The van der Waals surface area contributed by atoms with E-state index in [1.165, 1.54) is 36.4 Å². The van der Waals surface area contributed by atoms with Crippen molar-refractivity contribution in [3.05, 3.63) is 106 Å². The SMILES string of the molecule is CCCc1cc(F)c(-c2ccc3c(F)c(CCc4cc(F)c(C#N)c(F)c4)ccc3c2)c(F)c1. The lowest BCUT2D eigenvalue weighted by atomic mass is 9.95. The molecule has 34 heavy (non-hydrogen) atoms. The Morgan fingerprint density at radius 2 is 1.32 bits per heavy atom. The van der Waals surface area contributed by atoms with Crippen molar-refractivity contribution >= 4 is 10.8 Å². The van der Waals surface area contributed by atoms with Crippen molar-refractivity contribution in [2.75, 3.05) is 0 Å². The first-order valence-electron chi connectivity index (χ1n) is 10.9. The van der Waals surface area contributed by atoms with E-state index in [4.69, 9.17) is 5.26 Å². The Balaban J connectivity index is 1.63. The van der Waals surface area contributed by atoms with E-state index in [1.807, 2.05) is 6.92 Å². The number of hydrogen-bond donors (Lipinski definition) is 0. The first kappa shape index (κ1) is 23.4. The van der Waals surface area contributed by atoms with Gasteiger partial charge in [0.2, 0.25) is 0 Å². The van der Waals surface area contributed by atoms with Gasteiger partial charge >= 0.3 is 0 Å². The molecule has 0 spiro atoms. The first-order valence-corrected chi connectivity index (χ1v) is 10.9. The van der Waals surface area contributed by atoms with Crippen LogP contribution in [0, 0.1) is 40.4 Å². The summed E-state index contributed by atoms with van der Waals surface area (Å²) in [5.41, 5.74) is 0.731. The highest BCUT2D eigenvalue weighted by Gasteiger charge is 2.16.